The molecule has 1 aromatic rings. The summed E-state index contributed by atoms with van der Waals surface area (Å²) in [5.74, 6) is 0. The summed E-state index contributed by atoms with van der Waals surface area (Å²) in [6.07, 6.45) is 2.30. The number of ether oxygens (including phenoxy) is 1. The fourth-order valence-corrected chi connectivity index (χ4v) is 1.42. The van der Waals surface area contributed by atoms with Crippen LogP contribution in [0, 0.1) is 0 Å². The van der Waals surface area contributed by atoms with E-state index in [0.29, 0.717) is 6.10 Å². The van der Waals surface area contributed by atoms with Crippen LogP contribution in [0.1, 0.15) is 25.8 Å². The molecule has 0 saturated heterocycles. The van der Waals surface area contributed by atoms with Crippen LogP contribution in [-0.2, 0) is 11.2 Å². The van der Waals surface area contributed by atoms with Crippen LogP contribution in [0.4, 0.5) is 0 Å². The Labute approximate surface area is 91.0 Å². The highest BCUT2D eigenvalue weighted by atomic mass is 35.5. The monoisotopic (exact) mass is 212 g/mol. The lowest BCUT2D eigenvalue weighted by Crippen LogP contribution is -2.09. The topological polar surface area (TPSA) is 9.23 Å². The van der Waals surface area contributed by atoms with E-state index in [1.807, 2.05) is 24.3 Å². The van der Waals surface area contributed by atoms with Crippen LogP contribution >= 0.6 is 11.6 Å². The summed E-state index contributed by atoms with van der Waals surface area (Å²) < 4.78 is 5.59. The Morgan fingerprint density at radius 3 is 2.71 bits per heavy atom. The van der Waals surface area contributed by atoms with Crippen LogP contribution in [0.2, 0.25) is 5.02 Å². The maximum absolute atomic E-state index is 6.02. The number of hydrogen-bond acceptors (Lipinski definition) is 1. The molecule has 0 aliphatic carbocycles. The van der Waals surface area contributed by atoms with Gasteiger partial charge in [0.2, 0.25) is 0 Å². The SMILES string of the molecule is CCC(C)OCCc1ccccc1Cl. The summed E-state index contributed by atoms with van der Waals surface area (Å²) in [5, 5.41) is 0.834. The molecule has 1 atom stereocenters. The summed E-state index contributed by atoms with van der Waals surface area (Å²) in [4.78, 5) is 0. The van der Waals surface area contributed by atoms with Crippen LogP contribution in [0.3, 0.4) is 0 Å². The molecule has 0 aromatic heterocycles. The molecule has 0 saturated carbocycles. The second kappa shape index (κ2) is 6.05. The van der Waals surface area contributed by atoms with Crippen molar-refractivity contribution in [3.63, 3.8) is 0 Å². The number of hydrogen-bond donors (Lipinski definition) is 0. The van der Waals surface area contributed by atoms with Crippen molar-refractivity contribution in [3.05, 3.63) is 34.9 Å². The van der Waals surface area contributed by atoms with Gasteiger partial charge >= 0.3 is 0 Å². The highest BCUT2D eigenvalue weighted by Gasteiger charge is 2.01. The van der Waals surface area contributed by atoms with Gasteiger partial charge in [-0.2, -0.15) is 0 Å². The molecule has 0 N–H and O–H groups in total. The Morgan fingerprint density at radius 1 is 1.36 bits per heavy atom. The molecule has 0 aliphatic rings. The van der Waals surface area contributed by atoms with Crippen molar-refractivity contribution < 1.29 is 4.74 Å². The molecule has 0 heterocycles. The molecule has 0 fully saturated rings. The van der Waals surface area contributed by atoms with Crippen LogP contribution in [0.5, 0.6) is 0 Å². The van der Waals surface area contributed by atoms with Gasteiger partial charge in [0, 0.05) is 5.02 Å². The Morgan fingerprint density at radius 2 is 2.07 bits per heavy atom. The quantitative estimate of drug-likeness (QED) is 0.723. The Hall–Kier alpha value is -0.530. The average molecular weight is 213 g/mol. The number of rotatable bonds is 5. The summed E-state index contributed by atoms with van der Waals surface area (Å²) >= 11 is 6.02. The first-order valence-corrected chi connectivity index (χ1v) is 5.46. The third-order valence-electron chi connectivity index (χ3n) is 2.31. The lowest BCUT2D eigenvalue weighted by molar-refractivity contribution is 0.0659. The van der Waals surface area contributed by atoms with E-state index in [-0.39, 0.29) is 0 Å². The van der Waals surface area contributed by atoms with Gasteiger partial charge in [-0.3, -0.25) is 0 Å². The average Bonchev–Trinajstić information content (AvgIpc) is 2.20. The zero-order valence-corrected chi connectivity index (χ0v) is 9.55. The third-order valence-corrected chi connectivity index (χ3v) is 2.68. The second-order valence-electron chi connectivity index (χ2n) is 3.43. The van der Waals surface area contributed by atoms with E-state index in [9.17, 15) is 0 Å². The van der Waals surface area contributed by atoms with E-state index in [4.69, 9.17) is 16.3 Å². The second-order valence-corrected chi connectivity index (χ2v) is 3.84. The van der Waals surface area contributed by atoms with Gasteiger partial charge < -0.3 is 4.74 Å². The molecule has 1 rings (SSSR count). The van der Waals surface area contributed by atoms with Crippen molar-refractivity contribution >= 4 is 11.6 Å². The standard InChI is InChI=1S/C12H17ClO/c1-3-10(2)14-9-8-11-6-4-5-7-12(11)13/h4-7,10H,3,8-9H2,1-2H3. The summed E-state index contributed by atoms with van der Waals surface area (Å²) in [5.41, 5.74) is 1.16. The molecule has 1 unspecified atom stereocenters. The summed E-state index contributed by atoms with van der Waals surface area (Å²) in [7, 11) is 0. The Kier molecular flexibility index (Phi) is 4.99. The van der Waals surface area contributed by atoms with Gasteiger partial charge in [0.05, 0.1) is 12.7 Å². The first-order valence-electron chi connectivity index (χ1n) is 5.09. The number of benzene rings is 1. The molecular formula is C12H17ClO. The van der Waals surface area contributed by atoms with Gasteiger partial charge in [-0.05, 0) is 31.4 Å². The van der Waals surface area contributed by atoms with Crippen molar-refractivity contribution in [1.29, 1.82) is 0 Å². The van der Waals surface area contributed by atoms with Crippen LogP contribution in [0.25, 0.3) is 0 Å². The minimum Gasteiger partial charge on any atom is -0.378 e. The first-order chi connectivity index (χ1) is 6.74. The maximum Gasteiger partial charge on any atom is 0.0544 e. The van der Waals surface area contributed by atoms with Crippen LogP contribution < -0.4 is 0 Å². The molecule has 1 aromatic carbocycles. The van der Waals surface area contributed by atoms with Gasteiger partial charge in [-0.1, -0.05) is 36.7 Å². The summed E-state index contributed by atoms with van der Waals surface area (Å²) in [6.45, 7) is 4.96. The van der Waals surface area contributed by atoms with Crippen molar-refractivity contribution in [3.8, 4) is 0 Å². The van der Waals surface area contributed by atoms with Gasteiger partial charge in [0.25, 0.3) is 0 Å². The van der Waals surface area contributed by atoms with Gasteiger partial charge in [-0.25, -0.2) is 0 Å². The summed E-state index contributed by atoms with van der Waals surface area (Å²) in [6, 6.07) is 7.91. The molecule has 0 amide bonds. The Bertz CT molecular complexity index is 273. The largest absolute Gasteiger partial charge is 0.378 e. The number of halogens is 1. The van der Waals surface area contributed by atoms with E-state index >= 15 is 0 Å². The highest BCUT2D eigenvalue weighted by molar-refractivity contribution is 6.31. The van der Waals surface area contributed by atoms with E-state index in [0.717, 1.165) is 30.0 Å². The highest BCUT2D eigenvalue weighted by Crippen LogP contribution is 2.15. The molecule has 1 nitrogen and oxygen atoms in total. The molecule has 14 heavy (non-hydrogen) atoms. The molecule has 0 aliphatic heterocycles. The first kappa shape index (κ1) is 11.5. The molecule has 0 bridgehead atoms. The predicted octanol–water partition coefficient (Wildman–Crippen LogP) is 3.70. The third kappa shape index (κ3) is 3.69. The van der Waals surface area contributed by atoms with Crippen molar-refractivity contribution in [2.45, 2.75) is 32.8 Å². The molecule has 2 heteroatoms. The fraction of sp³-hybridized carbons (Fsp3) is 0.500. The normalized spacial score (nSPS) is 12.8. The van der Waals surface area contributed by atoms with E-state index < -0.39 is 0 Å². The van der Waals surface area contributed by atoms with Gasteiger partial charge in [0.15, 0.2) is 0 Å². The molecule has 0 radical (unpaired) electrons. The van der Waals surface area contributed by atoms with Gasteiger partial charge in [0.1, 0.15) is 0 Å². The minimum atomic E-state index is 0.345. The lowest BCUT2D eigenvalue weighted by Gasteiger charge is -2.10. The van der Waals surface area contributed by atoms with Crippen molar-refractivity contribution in [2.24, 2.45) is 0 Å². The predicted molar refractivity (Wildman–Crippen MR) is 60.9 cm³/mol. The van der Waals surface area contributed by atoms with Gasteiger partial charge in [-0.15, -0.1) is 0 Å². The molecule has 0 spiro atoms. The maximum atomic E-state index is 6.02. The smallest absolute Gasteiger partial charge is 0.0544 e. The van der Waals surface area contributed by atoms with Crippen LogP contribution in [0.15, 0.2) is 24.3 Å². The Balaban J connectivity index is 2.35. The zero-order chi connectivity index (χ0) is 10.4. The molecular weight excluding hydrogens is 196 g/mol. The van der Waals surface area contributed by atoms with Crippen molar-refractivity contribution in [2.75, 3.05) is 6.61 Å². The van der Waals surface area contributed by atoms with E-state index in [2.05, 4.69) is 13.8 Å². The van der Waals surface area contributed by atoms with E-state index in [1.165, 1.54) is 0 Å². The van der Waals surface area contributed by atoms with Crippen molar-refractivity contribution in [1.82, 2.24) is 0 Å². The zero-order valence-electron chi connectivity index (χ0n) is 8.79. The fourth-order valence-electron chi connectivity index (χ4n) is 1.19. The lowest BCUT2D eigenvalue weighted by atomic mass is 10.2. The minimum absolute atomic E-state index is 0.345. The van der Waals surface area contributed by atoms with Crippen LogP contribution in [-0.4, -0.2) is 12.7 Å². The molecule has 78 valence electrons. The van der Waals surface area contributed by atoms with E-state index in [1.54, 1.807) is 0 Å².